The summed E-state index contributed by atoms with van der Waals surface area (Å²) in [6.07, 6.45) is 2.09. The first-order valence-electron chi connectivity index (χ1n) is 8.32. The fourth-order valence-electron chi connectivity index (χ4n) is 2.90. The van der Waals surface area contributed by atoms with Gasteiger partial charge in [0.1, 0.15) is 18.1 Å². The number of rotatable bonds is 5. The van der Waals surface area contributed by atoms with Crippen molar-refractivity contribution in [2.75, 3.05) is 19.7 Å². The van der Waals surface area contributed by atoms with Crippen LogP contribution in [0.15, 0.2) is 24.3 Å². The van der Waals surface area contributed by atoms with Crippen molar-refractivity contribution in [3.63, 3.8) is 0 Å². The lowest BCUT2D eigenvalue weighted by atomic mass is 9.99. The Hall–Kier alpha value is -2.44. The van der Waals surface area contributed by atoms with E-state index in [1.54, 1.807) is 6.92 Å². The van der Waals surface area contributed by atoms with E-state index in [-0.39, 0.29) is 12.5 Å². The number of piperidine rings is 1. The van der Waals surface area contributed by atoms with Crippen LogP contribution < -0.4 is 4.74 Å². The molecule has 7 nitrogen and oxygen atoms in total. The molecule has 3 rings (SSSR count). The molecule has 0 spiro atoms. The largest absolute Gasteiger partial charge is 0.493 e. The molecule has 0 aliphatic carbocycles. The maximum Gasteiger partial charge on any atom is 0.244 e. The van der Waals surface area contributed by atoms with Crippen molar-refractivity contribution < 1.29 is 9.53 Å². The van der Waals surface area contributed by atoms with E-state index in [1.807, 2.05) is 29.2 Å². The fourth-order valence-corrected chi connectivity index (χ4v) is 2.90. The summed E-state index contributed by atoms with van der Waals surface area (Å²) in [5.74, 6) is 1.96. The summed E-state index contributed by atoms with van der Waals surface area (Å²) < 4.78 is 7.41. The Labute approximate surface area is 141 Å². The molecule has 0 N–H and O–H groups in total. The summed E-state index contributed by atoms with van der Waals surface area (Å²) in [5, 5.41) is 11.2. The highest BCUT2D eigenvalue weighted by molar-refractivity contribution is 5.76. The summed E-state index contributed by atoms with van der Waals surface area (Å²) >= 11 is 0. The van der Waals surface area contributed by atoms with Crippen molar-refractivity contribution in [3.05, 3.63) is 35.7 Å². The quantitative estimate of drug-likeness (QED) is 0.833. The lowest BCUT2D eigenvalue weighted by Gasteiger charge is -2.32. The van der Waals surface area contributed by atoms with Crippen molar-refractivity contribution in [3.8, 4) is 5.75 Å². The van der Waals surface area contributed by atoms with Crippen LogP contribution in [0, 0.1) is 19.8 Å². The van der Waals surface area contributed by atoms with E-state index in [0.29, 0.717) is 18.3 Å². The second-order valence-corrected chi connectivity index (χ2v) is 6.36. The minimum atomic E-state index is 0.0606. The maximum absolute atomic E-state index is 12.4. The summed E-state index contributed by atoms with van der Waals surface area (Å²) in [7, 11) is 0. The van der Waals surface area contributed by atoms with Gasteiger partial charge in [-0.2, -0.15) is 0 Å². The lowest BCUT2D eigenvalue weighted by Crippen LogP contribution is -2.43. The maximum atomic E-state index is 12.4. The van der Waals surface area contributed by atoms with E-state index in [1.165, 1.54) is 10.2 Å². The third-order valence-corrected chi connectivity index (χ3v) is 4.37. The normalized spacial score (nSPS) is 17.8. The monoisotopic (exact) mass is 329 g/mol. The topological polar surface area (TPSA) is 73.1 Å². The molecule has 1 amide bonds. The fraction of sp³-hybridized carbons (Fsp3) is 0.529. The molecule has 1 aromatic carbocycles. The summed E-state index contributed by atoms with van der Waals surface area (Å²) in [6.45, 7) is 6.20. The van der Waals surface area contributed by atoms with Gasteiger partial charge in [-0.3, -0.25) is 4.79 Å². The molecule has 0 unspecified atom stereocenters. The predicted molar refractivity (Wildman–Crippen MR) is 88.5 cm³/mol. The van der Waals surface area contributed by atoms with Gasteiger partial charge in [0.05, 0.1) is 6.61 Å². The highest BCUT2D eigenvalue weighted by atomic mass is 16.5. The Kier molecular flexibility index (Phi) is 5.08. The van der Waals surface area contributed by atoms with Crippen molar-refractivity contribution in [2.45, 2.75) is 33.2 Å². The molecule has 128 valence electrons. The Morgan fingerprint density at radius 1 is 1.29 bits per heavy atom. The molecule has 0 saturated carbocycles. The average molecular weight is 329 g/mol. The average Bonchev–Trinajstić information content (AvgIpc) is 2.99. The number of aromatic nitrogens is 4. The minimum absolute atomic E-state index is 0.0606. The molecule has 2 heterocycles. The van der Waals surface area contributed by atoms with Gasteiger partial charge in [-0.05, 0) is 49.2 Å². The summed E-state index contributed by atoms with van der Waals surface area (Å²) in [5.41, 5.74) is 1.22. The summed E-state index contributed by atoms with van der Waals surface area (Å²) in [4.78, 5) is 14.3. The van der Waals surface area contributed by atoms with Crippen LogP contribution in [-0.4, -0.2) is 50.7 Å². The number of likely N-dealkylation sites (tertiary alicyclic amines) is 1. The molecular formula is C17H23N5O2. The molecular weight excluding hydrogens is 306 g/mol. The smallest absolute Gasteiger partial charge is 0.244 e. The number of amides is 1. The molecule has 0 radical (unpaired) electrons. The van der Waals surface area contributed by atoms with E-state index >= 15 is 0 Å². The van der Waals surface area contributed by atoms with Gasteiger partial charge in [-0.1, -0.05) is 17.7 Å². The third kappa shape index (κ3) is 4.10. The van der Waals surface area contributed by atoms with Gasteiger partial charge in [0, 0.05) is 19.0 Å². The van der Waals surface area contributed by atoms with E-state index < -0.39 is 0 Å². The van der Waals surface area contributed by atoms with Gasteiger partial charge in [-0.25, -0.2) is 4.68 Å². The number of tetrazole rings is 1. The van der Waals surface area contributed by atoms with Crippen LogP contribution in [0.5, 0.6) is 5.75 Å². The number of nitrogens with zero attached hydrogens (tertiary/aromatic N) is 5. The Morgan fingerprint density at radius 3 is 2.79 bits per heavy atom. The minimum Gasteiger partial charge on any atom is -0.493 e. The van der Waals surface area contributed by atoms with Crippen molar-refractivity contribution in [1.82, 2.24) is 25.1 Å². The van der Waals surface area contributed by atoms with E-state index in [9.17, 15) is 4.79 Å². The highest BCUT2D eigenvalue weighted by Gasteiger charge is 2.24. The molecule has 7 heteroatoms. The second kappa shape index (κ2) is 7.42. The zero-order valence-electron chi connectivity index (χ0n) is 14.2. The number of benzene rings is 1. The molecule has 24 heavy (non-hydrogen) atoms. The lowest BCUT2D eigenvalue weighted by molar-refractivity contribution is -0.134. The summed E-state index contributed by atoms with van der Waals surface area (Å²) in [6, 6.07) is 8.06. The van der Waals surface area contributed by atoms with Crippen LogP contribution in [0.3, 0.4) is 0 Å². The molecule has 1 atom stereocenters. The molecule has 2 aromatic rings. The first-order valence-corrected chi connectivity index (χ1v) is 8.32. The zero-order valence-corrected chi connectivity index (χ0v) is 14.2. The van der Waals surface area contributed by atoms with Gasteiger partial charge in [0.25, 0.3) is 0 Å². The Bertz CT molecular complexity index is 683. The van der Waals surface area contributed by atoms with Crippen LogP contribution in [0.1, 0.15) is 24.2 Å². The first kappa shape index (κ1) is 16.4. The number of hydrogen-bond acceptors (Lipinski definition) is 5. The number of aryl methyl sites for hydroxylation is 2. The van der Waals surface area contributed by atoms with Gasteiger partial charge in [-0.15, -0.1) is 5.10 Å². The highest BCUT2D eigenvalue weighted by Crippen LogP contribution is 2.19. The first-order chi connectivity index (χ1) is 11.6. The van der Waals surface area contributed by atoms with Crippen LogP contribution in [0.25, 0.3) is 0 Å². The molecule has 0 bridgehead atoms. The van der Waals surface area contributed by atoms with Gasteiger partial charge in [0.2, 0.25) is 5.91 Å². The number of ether oxygens (including phenoxy) is 1. The SMILES string of the molecule is Cc1ccc(OC[C@H]2CCCN(C(=O)Cn3nnnc3C)C2)cc1. The van der Waals surface area contributed by atoms with Gasteiger partial charge >= 0.3 is 0 Å². The van der Waals surface area contributed by atoms with E-state index in [4.69, 9.17) is 4.74 Å². The molecule has 1 aromatic heterocycles. The number of hydrogen-bond donors (Lipinski definition) is 0. The second-order valence-electron chi connectivity index (χ2n) is 6.36. The zero-order chi connectivity index (χ0) is 16.9. The van der Waals surface area contributed by atoms with Crippen LogP contribution in [-0.2, 0) is 11.3 Å². The Morgan fingerprint density at radius 2 is 2.08 bits per heavy atom. The van der Waals surface area contributed by atoms with Gasteiger partial charge < -0.3 is 9.64 Å². The van der Waals surface area contributed by atoms with Crippen LogP contribution >= 0.6 is 0 Å². The van der Waals surface area contributed by atoms with Crippen LogP contribution in [0.2, 0.25) is 0 Å². The number of carbonyl (C=O) groups is 1. The standard InChI is InChI=1S/C17H23N5O2/c1-13-5-7-16(8-6-13)24-12-15-4-3-9-21(10-15)17(23)11-22-14(2)18-19-20-22/h5-8,15H,3-4,9-12H2,1-2H3/t15-/m0/s1. The van der Waals surface area contributed by atoms with Crippen LogP contribution in [0.4, 0.5) is 0 Å². The van der Waals surface area contributed by atoms with E-state index in [0.717, 1.165) is 31.7 Å². The Balaban J connectivity index is 1.51. The molecule has 1 aliphatic rings. The van der Waals surface area contributed by atoms with Gasteiger partial charge in [0.15, 0.2) is 0 Å². The molecule has 1 fully saturated rings. The molecule has 1 aliphatic heterocycles. The molecule has 1 saturated heterocycles. The number of carbonyl (C=O) groups excluding carboxylic acids is 1. The van der Waals surface area contributed by atoms with Crippen molar-refractivity contribution >= 4 is 5.91 Å². The third-order valence-electron chi connectivity index (χ3n) is 4.37. The predicted octanol–water partition coefficient (Wildman–Crippen LogP) is 1.61. The van der Waals surface area contributed by atoms with Crippen molar-refractivity contribution in [2.24, 2.45) is 5.92 Å². The van der Waals surface area contributed by atoms with Crippen molar-refractivity contribution in [1.29, 1.82) is 0 Å². The van der Waals surface area contributed by atoms with E-state index in [2.05, 4.69) is 22.4 Å².